The second-order valence-corrected chi connectivity index (χ2v) is 4.91. The molecule has 106 valence electrons. The van der Waals surface area contributed by atoms with Crippen molar-refractivity contribution in [2.45, 2.75) is 44.3 Å². The molecule has 2 unspecified atom stereocenters. The zero-order valence-electron chi connectivity index (χ0n) is 11.6. The van der Waals surface area contributed by atoms with Crippen molar-refractivity contribution in [2.75, 3.05) is 13.7 Å². The van der Waals surface area contributed by atoms with E-state index in [1.165, 1.54) is 0 Å². The molecule has 1 aromatic rings. The molecule has 0 bridgehead atoms. The summed E-state index contributed by atoms with van der Waals surface area (Å²) in [6.07, 6.45) is 0.739. The second-order valence-electron chi connectivity index (χ2n) is 4.91. The van der Waals surface area contributed by atoms with Gasteiger partial charge >= 0.3 is 0 Å². The molecular weight excluding hydrogens is 242 g/mol. The first kappa shape index (κ1) is 14.5. The molecule has 4 atom stereocenters. The van der Waals surface area contributed by atoms with Crippen LogP contribution in [-0.4, -0.2) is 38.1 Å². The van der Waals surface area contributed by atoms with Crippen molar-refractivity contribution in [2.24, 2.45) is 5.73 Å². The molecular formula is C15H23NO3. The third-order valence-corrected chi connectivity index (χ3v) is 3.57. The Morgan fingerprint density at radius 2 is 2.00 bits per heavy atom. The van der Waals surface area contributed by atoms with Crippen LogP contribution < -0.4 is 5.73 Å². The molecule has 1 aliphatic heterocycles. The molecule has 0 spiro atoms. The Bertz CT molecular complexity index is 371. The van der Waals surface area contributed by atoms with E-state index >= 15 is 0 Å². The van der Waals surface area contributed by atoms with Gasteiger partial charge in [-0.2, -0.15) is 0 Å². The van der Waals surface area contributed by atoms with Crippen LogP contribution in [0.3, 0.4) is 0 Å². The predicted octanol–water partition coefficient (Wildman–Crippen LogP) is 1.72. The highest BCUT2D eigenvalue weighted by molar-refractivity contribution is 5.13. The fraction of sp³-hybridized carbons (Fsp3) is 0.600. The number of methoxy groups -OCH3 is 1. The summed E-state index contributed by atoms with van der Waals surface area (Å²) in [4.78, 5) is 0. The second kappa shape index (κ2) is 7.01. The quantitative estimate of drug-likeness (QED) is 0.881. The van der Waals surface area contributed by atoms with Gasteiger partial charge in [-0.1, -0.05) is 37.3 Å². The molecule has 0 aliphatic carbocycles. The fourth-order valence-corrected chi connectivity index (χ4v) is 2.50. The first-order valence-electron chi connectivity index (χ1n) is 6.81. The van der Waals surface area contributed by atoms with Crippen LogP contribution in [0.5, 0.6) is 0 Å². The summed E-state index contributed by atoms with van der Waals surface area (Å²) in [6, 6.07) is 9.95. The molecule has 19 heavy (non-hydrogen) atoms. The topological polar surface area (TPSA) is 53.7 Å². The van der Waals surface area contributed by atoms with Crippen molar-refractivity contribution in [3.05, 3.63) is 35.9 Å². The van der Waals surface area contributed by atoms with Gasteiger partial charge in [-0.05, 0) is 12.0 Å². The van der Waals surface area contributed by atoms with E-state index in [4.69, 9.17) is 19.9 Å². The van der Waals surface area contributed by atoms with E-state index < -0.39 is 0 Å². The van der Waals surface area contributed by atoms with Crippen molar-refractivity contribution in [3.63, 3.8) is 0 Å². The molecule has 0 saturated carbocycles. The van der Waals surface area contributed by atoms with Gasteiger partial charge in [0.25, 0.3) is 0 Å². The molecule has 1 heterocycles. The van der Waals surface area contributed by atoms with E-state index in [0.717, 1.165) is 12.0 Å². The van der Waals surface area contributed by atoms with Gasteiger partial charge in [0.05, 0.1) is 25.4 Å². The van der Waals surface area contributed by atoms with Gasteiger partial charge in [0.15, 0.2) is 0 Å². The van der Waals surface area contributed by atoms with E-state index in [-0.39, 0.29) is 24.4 Å². The van der Waals surface area contributed by atoms with Crippen LogP contribution in [0.25, 0.3) is 0 Å². The number of rotatable bonds is 5. The molecule has 0 aromatic heterocycles. The highest BCUT2D eigenvalue weighted by Crippen LogP contribution is 2.23. The number of nitrogens with two attached hydrogens (primary N) is 1. The van der Waals surface area contributed by atoms with E-state index in [1.54, 1.807) is 7.11 Å². The Morgan fingerprint density at radius 1 is 1.26 bits per heavy atom. The highest BCUT2D eigenvalue weighted by Gasteiger charge is 2.39. The number of benzene rings is 1. The fourth-order valence-electron chi connectivity index (χ4n) is 2.50. The molecule has 0 amide bonds. The zero-order chi connectivity index (χ0) is 13.7. The van der Waals surface area contributed by atoms with Crippen molar-refractivity contribution >= 4 is 0 Å². The van der Waals surface area contributed by atoms with Crippen molar-refractivity contribution in [1.29, 1.82) is 0 Å². The van der Waals surface area contributed by atoms with Gasteiger partial charge in [-0.15, -0.1) is 0 Å². The summed E-state index contributed by atoms with van der Waals surface area (Å²) >= 11 is 0. The largest absolute Gasteiger partial charge is 0.376 e. The highest BCUT2D eigenvalue weighted by atomic mass is 16.6. The van der Waals surface area contributed by atoms with Crippen molar-refractivity contribution in [1.82, 2.24) is 0 Å². The van der Waals surface area contributed by atoms with E-state index in [9.17, 15) is 0 Å². The summed E-state index contributed by atoms with van der Waals surface area (Å²) in [5.74, 6) is 0. The molecule has 1 fully saturated rings. The van der Waals surface area contributed by atoms with Crippen molar-refractivity contribution in [3.8, 4) is 0 Å². The minimum absolute atomic E-state index is 0.0607. The van der Waals surface area contributed by atoms with Gasteiger partial charge in [-0.25, -0.2) is 0 Å². The Labute approximate surface area is 114 Å². The third-order valence-electron chi connectivity index (χ3n) is 3.57. The Kier molecular flexibility index (Phi) is 5.34. The maximum atomic E-state index is 6.10. The number of hydrogen-bond donors (Lipinski definition) is 1. The summed E-state index contributed by atoms with van der Waals surface area (Å²) < 4.78 is 17.2. The molecule has 4 heteroatoms. The Hall–Kier alpha value is -0.940. The summed E-state index contributed by atoms with van der Waals surface area (Å²) in [5, 5.41) is 0. The predicted molar refractivity (Wildman–Crippen MR) is 73.8 cm³/mol. The number of ether oxygens (including phenoxy) is 3. The van der Waals surface area contributed by atoms with Crippen LogP contribution in [0.2, 0.25) is 0 Å². The van der Waals surface area contributed by atoms with Crippen LogP contribution in [0.4, 0.5) is 0 Å². The lowest BCUT2D eigenvalue weighted by molar-refractivity contribution is -0.178. The van der Waals surface area contributed by atoms with E-state index in [2.05, 4.69) is 6.92 Å². The van der Waals surface area contributed by atoms with Crippen LogP contribution in [0.15, 0.2) is 30.3 Å². The molecule has 1 aromatic carbocycles. The van der Waals surface area contributed by atoms with Gasteiger partial charge in [-0.3, -0.25) is 0 Å². The summed E-state index contributed by atoms with van der Waals surface area (Å²) in [7, 11) is 1.69. The molecule has 2 N–H and O–H groups in total. The normalized spacial score (nSPS) is 31.3. The lowest BCUT2D eigenvalue weighted by Gasteiger charge is -2.40. The average molecular weight is 265 g/mol. The first-order valence-corrected chi connectivity index (χ1v) is 6.81. The molecule has 1 saturated heterocycles. The van der Waals surface area contributed by atoms with Gasteiger partial charge in [0.1, 0.15) is 12.2 Å². The molecule has 1 aliphatic rings. The lowest BCUT2D eigenvalue weighted by atomic mass is 9.96. The van der Waals surface area contributed by atoms with Gasteiger partial charge in [0.2, 0.25) is 0 Å². The van der Waals surface area contributed by atoms with Crippen LogP contribution in [0, 0.1) is 0 Å². The average Bonchev–Trinajstić information content (AvgIpc) is 2.46. The minimum Gasteiger partial charge on any atom is -0.376 e. The Morgan fingerprint density at radius 3 is 2.63 bits per heavy atom. The maximum absolute atomic E-state index is 6.10. The molecule has 2 rings (SSSR count). The van der Waals surface area contributed by atoms with Gasteiger partial charge in [0, 0.05) is 7.11 Å². The summed E-state index contributed by atoms with van der Waals surface area (Å²) in [6.45, 7) is 3.16. The standard InChI is InChI=1S/C15H23NO3/c1-3-13-15(17-2)14(12(16)10-18-13)19-9-11-7-5-4-6-8-11/h4-8,12-15H,3,9-10,16H2,1-2H3/t12?,13?,14-,15+/m1/s1. The van der Waals surface area contributed by atoms with E-state index in [0.29, 0.717) is 13.2 Å². The molecule has 4 nitrogen and oxygen atoms in total. The zero-order valence-corrected chi connectivity index (χ0v) is 11.6. The Balaban J connectivity index is 1.99. The monoisotopic (exact) mass is 265 g/mol. The minimum atomic E-state index is -0.142. The van der Waals surface area contributed by atoms with E-state index in [1.807, 2.05) is 30.3 Å². The summed E-state index contributed by atoms with van der Waals surface area (Å²) in [5.41, 5.74) is 7.24. The van der Waals surface area contributed by atoms with Crippen LogP contribution in [-0.2, 0) is 20.8 Å². The lowest BCUT2D eigenvalue weighted by Crippen LogP contribution is -2.58. The third kappa shape index (κ3) is 3.54. The van der Waals surface area contributed by atoms with Crippen LogP contribution in [0.1, 0.15) is 18.9 Å². The van der Waals surface area contributed by atoms with Crippen molar-refractivity contribution < 1.29 is 14.2 Å². The van der Waals surface area contributed by atoms with Gasteiger partial charge < -0.3 is 19.9 Å². The first-order chi connectivity index (χ1) is 9.26. The smallest absolute Gasteiger partial charge is 0.111 e. The molecule has 0 radical (unpaired) electrons. The maximum Gasteiger partial charge on any atom is 0.111 e. The SMILES string of the molecule is CCC1OCC(N)[C@@H](OCc2ccccc2)[C@H]1OC. The van der Waals surface area contributed by atoms with Crippen LogP contribution >= 0.6 is 0 Å². The number of hydrogen-bond acceptors (Lipinski definition) is 4.